The van der Waals surface area contributed by atoms with Crippen LogP contribution >= 0.6 is 0 Å². The Bertz CT molecular complexity index is 1100. The van der Waals surface area contributed by atoms with Gasteiger partial charge in [-0.3, -0.25) is 28.9 Å². The van der Waals surface area contributed by atoms with Crippen LogP contribution in [0.3, 0.4) is 0 Å². The van der Waals surface area contributed by atoms with E-state index in [1.807, 2.05) is 32.9 Å². The third-order valence-corrected chi connectivity index (χ3v) is 6.37. The molecule has 0 saturated carbocycles. The van der Waals surface area contributed by atoms with Gasteiger partial charge in [0.05, 0.1) is 6.04 Å². The Hall–Kier alpha value is -4.26. The van der Waals surface area contributed by atoms with Gasteiger partial charge in [0.2, 0.25) is 17.7 Å². The van der Waals surface area contributed by atoms with Crippen LogP contribution in [0.25, 0.3) is 0 Å². The van der Waals surface area contributed by atoms with E-state index < -0.39 is 18.1 Å². The third-order valence-electron chi connectivity index (χ3n) is 6.37. The molecular formula is C28H41N7O6. The van der Waals surface area contributed by atoms with Crippen molar-refractivity contribution in [2.45, 2.75) is 58.5 Å². The number of nitrogens with one attached hydrogen (secondary N) is 5. The topological polar surface area (TPSA) is 192 Å². The molecule has 0 unspecified atom stereocenters. The molecule has 7 amide bonds. The van der Waals surface area contributed by atoms with Crippen molar-refractivity contribution >= 4 is 41.3 Å². The van der Waals surface area contributed by atoms with Crippen LogP contribution < -0.4 is 32.3 Å². The average Bonchev–Trinajstić information content (AvgIpc) is 3.23. The zero-order valence-corrected chi connectivity index (χ0v) is 23.8. The van der Waals surface area contributed by atoms with Gasteiger partial charge in [0.1, 0.15) is 6.04 Å². The second-order valence-corrected chi connectivity index (χ2v) is 10.1. The maximum Gasteiger partial charge on any atom is 0.312 e. The molecule has 13 nitrogen and oxygen atoms in total. The molecule has 0 bridgehead atoms. The molecule has 1 aromatic rings. The standard InChI is InChI=1S/C28H41N7O6/c1-18(2)25(31-16-15-30-22(36)7-5-17-35-23(37)12-13-24(35)38)27(40)34-21(6-4-14-32-28(29)41)26(39)33-20-10-8-19(3)9-11-20/h8-13,18,21,25,31H,4-7,14-17H2,1-3H3,(H,30,36)(H,33,39)(H,34,40)(H3,29,32,41)/t21-,25-/m0/s1. The van der Waals surface area contributed by atoms with Gasteiger partial charge in [-0.25, -0.2) is 4.79 Å². The van der Waals surface area contributed by atoms with E-state index in [2.05, 4.69) is 26.6 Å². The maximum absolute atomic E-state index is 13.2. The smallest absolute Gasteiger partial charge is 0.312 e. The van der Waals surface area contributed by atoms with Crippen molar-refractivity contribution in [3.05, 3.63) is 42.0 Å². The van der Waals surface area contributed by atoms with Gasteiger partial charge < -0.3 is 32.3 Å². The van der Waals surface area contributed by atoms with Crippen LogP contribution in [0.1, 0.15) is 45.1 Å². The van der Waals surface area contributed by atoms with E-state index in [-0.39, 0.29) is 67.9 Å². The van der Waals surface area contributed by atoms with E-state index in [1.165, 1.54) is 12.2 Å². The summed E-state index contributed by atoms with van der Waals surface area (Å²) < 4.78 is 0. The summed E-state index contributed by atoms with van der Waals surface area (Å²) in [7, 11) is 0. The van der Waals surface area contributed by atoms with Gasteiger partial charge in [-0.1, -0.05) is 31.5 Å². The molecule has 7 N–H and O–H groups in total. The van der Waals surface area contributed by atoms with Gasteiger partial charge in [0.15, 0.2) is 0 Å². The fourth-order valence-electron chi connectivity index (χ4n) is 4.11. The number of imide groups is 1. The Labute approximate surface area is 240 Å². The first-order valence-corrected chi connectivity index (χ1v) is 13.7. The Balaban J connectivity index is 1.85. The normalized spacial score (nSPS) is 14.1. The summed E-state index contributed by atoms with van der Waals surface area (Å²) in [6.07, 6.45) is 3.58. The van der Waals surface area contributed by atoms with Crippen LogP contribution in [0.4, 0.5) is 10.5 Å². The number of carbonyl (C=O) groups is 6. The van der Waals surface area contributed by atoms with Gasteiger partial charge in [-0.2, -0.15) is 0 Å². The van der Waals surface area contributed by atoms with Gasteiger partial charge in [-0.05, 0) is 44.2 Å². The van der Waals surface area contributed by atoms with Gasteiger partial charge >= 0.3 is 6.03 Å². The molecule has 1 aliphatic heterocycles. The van der Waals surface area contributed by atoms with Crippen molar-refractivity contribution in [3.63, 3.8) is 0 Å². The molecule has 0 aliphatic carbocycles. The number of nitrogens with two attached hydrogens (primary N) is 1. The summed E-state index contributed by atoms with van der Waals surface area (Å²) in [4.78, 5) is 73.6. The van der Waals surface area contributed by atoms with Crippen LogP contribution in [0.15, 0.2) is 36.4 Å². The molecule has 1 heterocycles. The van der Waals surface area contributed by atoms with Gasteiger partial charge in [0, 0.05) is 50.4 Å². The molecule has 1 aliphatic rings. The van der Waals surface area contributed by atoms with Crippen molar-refractivity contribution in [2.75, 3.05) is 31.5 Å². The molecule has 224 valence electrons. The average molecular weight is 572 g/mol. The number of rotatable bonds is 17. The summed E-state index contributed by atoms with van der Waals surface area (Å²) >= 11 is 0. The number of hydrogen-bond acceptors (Lipinski definition) is 7. The van der Waals surface area contributed by atoms with Crippen LogP contribution in [0.2, 0.25) is 0 Å². The van der Waals surface area contributed by atoms with Crippen LogP contribution in [0.5, 0.6) is 0 Å². The predicted molar refractivity (Wildman–Crippen MR) is 153 cm³/mol. The van der Waals surface area contributed by atoms with Crippen LogP contribution in [-0.2, 0) is 24.0 Å². The zero-order valence-electron chi connectivity index (χ0n) is 23.8. The Morgan fingerprint density at radius 3 is 2.15 bits per heavy atom. The van der Waals surface area contributed by atoms with Gasteiger partial charge in [0.25, 0.3) is 11.8 Å². The highest BCUT2D eigenvalue weighted by Gasteiger charge is 2.27. The highest BCUT2D eigenvalue weighted by Crippen LogP contribution is 2.11. The summed E-state index contributed by atoms with van der Waals surface area (Å²) in [5.74, 6) is -1.87. The number of amides is 7. The van der Waals surface area contributed by atoms with Gasteiger partial charge in [-0.15, -0.1) is 0 Å². The lowest BCUT2D eigenvalue weighted by Gasteiger charge is -2.25. The number of primary amides is 1. The maximum atomic E-state index is 13.2. The number of nitrogens with zero attached hydrogens (tertiary/aromatic N) is 1. The number of anilines is 1. The molecule has 2 atom stereocenters. The molecule has 0 fully saturated rings. The molecular weight excluding hydrogens is 530 g/mol. The van der Waals surface area contributed by atoms with Crippen molar-refractivity contribution in [2.24, 2.45) is 11.7 Å². The predicted octanol–water partition coefficient (Wildman–Crippen LogP) is 0.302. The minimum Gasteiger partial charge on any atom is -0.355 e. The number of carbonyl (C=O) groups excluding carboxylic acids is 6. The summed E-state index contributed by atoms with van der Waals surface area (Å²) in [6.45, 7) is 6.65. The molecule has 0 saturated heterocycles. The number of benzene rings is 1. The van der Waals surface area contributed by atoms with E-state index in [0.717, 1.165) is 10.5 Å². The largest absolute Gasteiger partial charge is 0.355 e. The number of urea groups is 1. The summed E-state index contributed by atoms with van der Waals surface area (Å²) in [5, 5.41) is 14.0. The third kappa shape index (κ3) is 11.8. The minimum atomic E-state index is -0.856. The highest BCUT2D eigenvalue weighted by atomic mass is 16.2. The lowest BCUT2D eigenvalue weighted by Crippen LogP contribution is -2.54. The minimum absolute atomic E-state index is 0.118. The Kier molecular flexibility index (Phi) is 13.5. The first kappa shape index (κ1) is 32.9. The Morgan fingerprint density at radius 1 is 0.878 bits per heavy atom. The monoisotopic (exact) mass is 571 g/mol. The van der Waals surface area contributed by atoms with Crippen molar-refractivity contribution in [1.29, 1.82) is 0 Å². The molecule has 41 heavy (non-hydrogen) atoms. The second-order valence-electron chi connectivity index (χ2n) is 10.1. The fraction of sp³-hybridized carbons (Fsp3) is 0.500. The van der Waals surface area contributed by atoms with E-state index in [9.17, 15) is 28.8 Å². The van der Waals surface area contributed by atoms with E-state index in [0.29, 0.717) is 25.1 Å². The molecule has 0 aromatic heterocycles. The Morgan fingerprint density at radius 2 is 1.54 bits per heavy atom. The molecule has 0 spiro atoms. The lowest BCUT2D eigenvalue weighted by molar-refractivity contribution is -0.137. The van der Waals surface area contributed by atoms with Crippen molar-refractivity contribution in [3.8, 4) is 0 Å². The SMILES string of the molecule is Cc1ccc(NC(=O)[C@H](CCCNC(N)=O)NC(=O)[C@@H](NCCNC(=O)CCCN2C(=O)C=CC2=O)C(C)C)cc1. The van der Waals surface area contributed by atoms with Crippen LogP contribution in [-0.4, -0.2) is 78.7 Å². The van der Waals surface area contributed by atoms with E-state index in [4.69, 9.17) is 5.73 Å². The molecule has 0 radical (unpaired) electrons. The first-order valence-electron chi connectivity index (χ1n) is 13.7. The van der Waals surface area contributed by atoms with Crippen molar-refractivity contribution < 1.29 is 28.8 Å². The lowest BCUT2D eigenvalue weighted by atomic mass is 10.0. The highest BCUT2D eigenvalue weighted by molar-refractivity contribution is 6.12. The second kappa shape index (κ2) is 16.8. The molecule has 13 heteroatoms. The van der Waals surface area contributed by atoms with E-state index >= 15 is 0 Å². The fourth-order valence-corrected chi connectivity index (χ4v) is 4.11. The number of hydrogen-bond donors (Lipinski definition) is 6. The number of aryl methyl sites for hydroxylation is 1. The molecule has 1 aromatic carbocycles. The summed E-state index contributed by atoms with van der Waals surface area (Å²) in [6, 6.07) is 5.12. The summed E-state index contributed by atoms with van der Waals surface area (Å²) in [5.41, 5.74) is 6.75. The van der Waals surface area contributed by atoms with Crippen molar-refractivity contribution in [1.82, 2.24) is 26.2 Å². The quantitative estimate of drug-likeness (QED) is 0.114. The van der Waals surface area contributed by atoms with E-state index in [1.54, 1.807) is 12.1 Å². The molecule has 2 rings (SSSR count). The van der Waals surface area contributed by atoms with Crippen LogP contribution in [0, 0.1) is 12.8 Å². The first-order chi connectivity index (χ1) is 19.5. The zero-order chi connectivity index (χ0) is 30.4.